The van der Waals surface area contributed by atoms with E-state index in [1.807, 2.05) is 67.5 Å². The molecule has 2 bridgehead atoms. The van der Waals surface area contributed by atoms with Crippen LogP contribution in [-0.4, -0.2) is 260 Å². The third-order valence-corrected chi connectivity index (χ3v) is 19.1. The highest BCUT2D eigenvalue weighted by atomic mass is 19.4. The third-order valence-electron chi connectivity index (χ3n) is 19.1. The van der Waals surface area contributed by atoms with Crippen LogP contribution in [0.4, 0.5) is 13.2 Å². The summed E-state index contributed by atoms with van der Waals surface area (Å²) in [4.78, 5) is 174. The fourth-order valence-corrected chi connectivity index (χ4v) is 13.2. The van der Waals surface area contributed by atoms with Gasteiger partial charge in [0.15, 0.2) is 0 Å². The van der Waals surface area contributed by atoms with Crippen LogP contribution in [0.25, 0.3) is 0 Å². The molecular weight excluding hydrogens is 1260 g/mol. The number of alkyl halides is 3. The number of fused-ring (bicyclic) bond motifs is 4. The normalized spacial score (nSPS) is 28.9. The van der Waals surface area contributed by atoms with Gasteiger partial charge in [0.25, 0.3) is 0 Å². The molecule has 2 fully saturated rings. The van der Waals surface area contributed by atoms with Crippen LogP contribution in [-0.2, 0) is 76.7 Å². The zero-order chi connectivity index (χ0) is 73.9. The van der Waals surface area contributed by atoms with Gasteiger partial charge in [-0.25, -0.2) is 0 Å². The Morgan fingerprint density at radius 1 is 0.536 bits per heavy atom. The Labute approximate surface area is 571 Å². The number of hydrogen-bond donors (Lipinski definition) is 4. The molecule has 548 valence electrons. The number of aromatic nitrogens is 3. The molecule has 0 aromatic carbocycles. The zero-order valence-electron chi connectivity index (χ0n) is 61.4. The molecule has 4 heterocycles. The van der Waals surface area contributed by atoms with Crippen LogP contribution in [0.5, 0.6) is 0 Å². The fourth-order valence-electron chi connectivity index (χ4n) is 13.2. The number of likely N-dealkylation sites (N-methyl/N-ethyl adjacent to an activating group) is 7. The van der Waals surface area contributed by atoms with E-state index in [-0.39, 0.29) is 75.4 Å². The Morgan fingerprint density at radius 3 is 1.58 bits per heavy atom. The predicted octanol–water partition coefficient (Wildman–Crippen LogP) is 3.14. The molecule has 0 aliphatic carbocycles. The maximum absolute atomic E-state index is 15.3. The van der Waals surface area contributed by atoms with E-state index in [0.717, 1.165) is 14.4 Å². The largest absolute Gasteiger partial charge is 0.451 e. The Morgan fingerprint density at radius 2 is 1.05 bits per heavy atom. The summed E-state index contributed by atoms with van der Waals surface area (Å²) in [6.45, 7) is 27.1. The van der Waals surface area contributed by atoms with Crippen molar-refractivity contribution in [2.75, 3.05) is 62.4 Å². The van der Waals surface area contributed by atoms with E-state index in [2.05, 4.69) is 31.5 Å². The molecule has 30 heteroatoms. The van der Waals surface area contributed by atoms with E-state index in [1.165, 1.54) is 94.6 Å². The molecule has 2 saturated heterocycles. The average Bonchev–Trinajstić information content (AvgIpc) is 1.70. The van der Waals surface area contributed by atoms with E-state index in [0.29, 0.717) is 6.42 Å². The maximum Gasteiger partial charge on any atom is 0.451 e. The summed E-state index contributed by atoms with van der Waals surface area (Å²) in [5.41, 5.74) is 0. The van der Waals surface area contributed by atoms with Crippen molar-refractivity contribution >= 4 is 65.0 Å². The topological polar surface area (TPSA) is 302 Å². The first-order valence-electron chi connectivity index (χ1n) is 34.0. The smallest absolute Gasteiger partial charge is 0.370 e. The second-order valence-electron chi connectivity index (χ2n) is 28.6. The highest BCUT2D eigenvalue weighted by Crippen LogP contribution is 2.32. The second-order valence-corrected chi connectivity index (χ2v) is 28.6. The van der Waals surface area contributed by atoms with Crippen molar-refractivity contribution < 1.29 is 70.6 Å². The number of amides is 11. The quantitative estimate of drug-likeness (QED) is 0.195. The first-order chi connectivity index (χ1) is 45.0. The van der Waals surface area contributed by atoms with Crippen LogP contribution < -0.4 is 21.3 Å². The summed E-state index contributed by atoms with van der Waals surface area (Å²) >= 11 is 0. The van der Waals surface area contributed by atoms with Crippen LogP contribution >= 0.6 is 0 Å². The van der Waals surface area contributed by atoms with Gasteiger partial charge in [-0.1, -0.05) is 88.3 Å². The molecule has 3 aliphatic rings. The first-order valence-corrected chi connectivity index (χ1v) is 34.0. The van der Waals surface area contributed by atoms with Crippen molar-refractivity contribution in [1.82, 2.24) is 75.2 Å². The second kappa shape index (κ2) is 35.0. The van der Waals surface area contributed by atoms with Crippen molar-refractivity contribution in [1.29, 1.82) is 0 Å². The predicted molar refractivity (Wildman–Crippen MR) is 357 cm³/mol. The van der Waals surface area contributed by atoms with Gasteiger partial charge in [-0.2, -0.15) is 13.2 Å². The number of carbonyl (C=O) groups excluding carboxylic acids is 11. The van der Waals surface area contributed by atoms with E-state index in [9.17, 15) is 37.1 Å². The van der Waals surface area contributed by atoms with Crippen molar-refractivity contribution in [3.8, 4) is 0 Å². The monoisotopic (exact) mass is 1380 g/mol. The lowest BCUT2D eigenvalue weighted by Crippen LogP contribution is -2.63. The minimum atomic E-state index is -4.77. The zero-order valence-corrected chi connectivity index (χ0v) is 61.4. The lowest BCUT2D eigenvalue weighted by atomic mass is 9.92. The van der Waals surface area contributed by atoms with E-state index in [1.54, 1.807) is 39.5 Å². The molecule has 27 nitrogen and oxygen atoms in total. The average molecular weight is 1380 g/mol. The Kier molecular flexibility index (Phi) is 29.7. The van der Waals surface area contributed by atoms with E-state index >= 15 is 28.8 Å². The van der Waals surface area contributed by atoms with E-state index in [4.69, 9.17) is 4.74 Å². The number of rotatable bonds is 14. The van der Waals surface area contributed by atoms with Crippen LogP contribution in [0.2, 0.25) is 0 Å². The van der Waals surface area contributed by atoms with Gasteiger partial charge < -0.3 is 64.9 Å². The summed E-state index contributed by atoms with van der Waals surface area (Å²) in [6, 6.07) is -14.4. The number of nitrogens with one attached hydrogen (secondary N) is 4. The van der Waals surface area contributed by atoms with Gasteiger partial charge >= 0.3 is 6.18 Å². The first kappa shape index (κ1) is 82.2. The molecule has 4 N–H and O–H groups in total. The molecule has 0 radical (unpaired) electrons. The van der Waals surface area contributed by atoms with Crippen molar-refractivity contribution in [2.45, 2.75) is 241 Å². The van der Waals surface area contributed by atoms with Crippen LogP contribution in [0.15, 0.2) is 12.2 Å². The van der Waals surface area contributed by atoms with E-state index < -0.39 is 173 Å². The highest BCUT2D eigenvalue weighted by Gasteiger charge is 2.51. The van der Waals surface area contributed by atoms with Gasteiger partial charge in [-0.15, -0.1) is 10.2 Å². The summed E-state index contributed by atoms with van der Waals surface area (Å²) in [5.74, 6) is -11.6. The number of halogens is 3. The lowest BCUT2D eigenvalue weighted by Gasteiger charge is -2.39. The number of nitrogens with zero attached hydrogens (tertiary/aromatic N) is 11. The summed E-state index contributed by atoms with van der Waals surface area (Å²) in [7, 11) is 9.80. The molecule has 15 unspecified atom stereocenters. The summed E-state index contributed by atoms with van der Waals surface area (Å²) in [5, 5.41) is 18.3. The highest BCUT2D eigenvalue weighted by molar-refractivity contribution is 6.00. The Bertz CT molecular complexity index is 3000. The Balaban J connectivity index is 1.93. The van der Waals surface area contributed by atoms with Crippen LogP contribution in [0, 0.1) is 35.5 Å². The summed E-state index contributed by atoms with van der Waals surface area (Å²) in [6.07, 6.45) is -2.46. The van der Waals surface area contributed by atoms with Gasteiger partial charge in [0, 0.05) is 69.0 Å². The molecule has 4 rings (SSSR count). The number of ether oxygens (including phenoxy) is 1. The van der Waals surface area contributed by atoms with Crippen molar-refractivity contribution in [3.05, 3.63) is 23.8 Å². The minimum Gasteiger partial charge on any atom is -0.370 e. The maximum atomic E-state index is 15.3. The standard InChI is InChI=1S/C67H112F3N15O12/c1-24-26-27-39(11)54-53-58(89)73-45(25-2)61(92)77(17)43(15)60(91)81(21)51(40(12)33-84-28-29-85-49(34-84)75-76-66(85)67(68,69)70)57(88)74-50(38(9)10)64(95)78(18)46(30-35(3)4)56(87)71-41(13)55(86)72-42(14)59(90)79(19)47(31-36(5)6)62(93)80(20)48(32-37(7)8)63(94)82(22)52(44(16)97-54)65(96)83(53)23/h24,26,35-48,50-54H,25,27-34H2,1-23H3,(H,71,87)(H,72,86)(H,73,89)(H,74,88). The van der Waals surface area contributed by atoms with Crippen LogP contribution in [0.3, 0.4) is 0 Å². The van der Waals surface area contributed by atoms with Gasteiger partial charge in [0.1, 0.15) is 72.3 Å². The molecule has 11 amide bonds. The lowest BCUT2D eigenvalue weighted by molar-refractivity contribution is -0.155. The summed E-state index contributed by atoms with van der Waals surface area (Å²) < 4.78 is 49.5. The van der Waals surface area contributed by atoms with Gasteiger partial charge in [-0.05, 0) is 102 Å². The SMILES string of the molecule is CC=CCC(C)C1OC(C)C2C(=O)N(C)C1C(=O)NC(CC)C(=O)N(C)C(C)C(=O)N(C)C(C(C)CN1CCn3c(nnc3C(F)(F)F)C1)C(=O)NC(C(C)C)C(=O)N(C)C(CC(C)C)C(=O)NC(C)C(=O)NC(C)C(=O)N(C)C(CC(C)C)C(=O)N(C)C(CC(C)C)C(=O)N2C. The Hall–Kier alpha value is -7.24. The fraction of sp³-hybridized carbons (Fsp3) is 0.776. The van der Waals surface area contributed by atoms with Gasteiger partial charge in [0.05, 0.1) is 18.8 Å². The number of allylic oxidation sites excluding steroid dienone is 2. The molecule has 15 atom stereocenters. The molecule has 0 spiro atoms. The molecular formula is C67H112F3N15O12. The molecule has 1 aromatic heterocycles. The molecule has 3 aliphatic heterocycles. The number of hydrogen-bond acceptors (Lipinski definition) is 15. The van der Waals surface area contributed by atoms with Crippen molar-refractivity contribution in [2.24, 2.45) is 35.5 Å². The van der Waals surface area contributed by atoms with Crippen LogP contribution in [0.1, 0.15) is 155 Å². The third kappa shape index (κ3) is 20.0. The van der Waals surface area contributed by atoms with Gasteiger partial charge in [0.2, 0.25) is 70.8 Å². The van der Waals surface area contributed by atoms with Crippen molar-refractivity contribution in [3.63, 3.8) is 0 Å². The molecule has 0 saturated carbocycles. The molecule has 97 heavy (non-hydrogen) atoms. The molecule has 1 aromatic rings. The number of carbonyl (C=O) groups is 11. The van der Waals surface area contributed by atoms with Gasteiger partial charge in [-0.3, -0.25) is 57.6 Å². The minimum absolute atomic E-state index is 0.000144.